The van der Waals surface area contributed by atoms with Gasteiger partial charge in [-0.1, -0.05) is 13.3 Å². The number of aliphatic hydroxyl groups is 1. The van der Waals surface area contributed by atoms with Crippen molar-refractivity contribution >= 4 is 0 Å². The summed E-state index contributed by atoms with van der Waals surface area (Å²) >= 11 is 0. The highest BCUT2D eigenvalue weighted by atomic mass is 16.6. The molecule has 70 valence electrons. The van der Waals surface area contributed by atoms with E-state index in [4.69, 9.17) is 4.74 Å². The van der Waals surface area contributed by atoms with Crippen molar-refractivity contribution in [2.24, 2.45) is 5.41 Å². The highest BCUT2D eigenvalue weighted by Crippen LogP contribution is 2.53. The normalized spacial score (nSPS) is 53.8. The molecule has 2 fully saturated rings. The minimum Gasteiger partial charge on any atom is -0.365 e. The molecule has 3 unspecified atom stereocenters. The summed E-state index contributed by atoms with van der Waals surface area (Å²) < 4.78 is 5.61. The van der Waals surface area contributed by atoms with Crippen LogP contribution in [0.1, 0.15) is 46.0 Å². The van der Waals surface area contributed by atoms with Gasteiger partial charge in [-0.3, -0.25) is 0 Å². The summed E-state index contributed by atoms with van der Waals surface area (Å²) in [5, 5.41) is 10.2. The zero-order valence-electron chi connectivity index (χ0n) is 7.97. The van der Waals surface area contributed by atoms with Gasteiger partial charge in [-0.2, -0.15) is 0 Å². The number of ether oxygens (including phenoxy) is 1. The number of rotatable bonds is 0. The number of fused-ring (bicyclic) bond motifs is 1. The third-order valence-electron chi connectivity index (χ3n) is 3.57. The molecule has 2 nitrogen and oxygen atoms in total. The van der Waals surface area contributed by atoms with Crippen molar-refractivity contribution < 1.29 is 9.84 Å². The molecular weight excluding hydrogens is 152 g/mol. The van der Waals surface area contributed by atoms with Crippen LogP contribution in [0, 0.1) is 5.41 Å². The molecular formula is C10H18O2. The highest BCUT2D eigenvalue weighted by Gasteiger charge is 2.55. The van der Waals surface area contributed by atoms with Gasteiger partial charge in [-0.05, 0) is 26.2 Å². The van der Waals surface area contributed by atoms with E-state index < -0.39 is 5.79 Å². The van der Waals surface area contributed by atoms with Gasteiger partial charge in [0.05, 0.1) is 6.10 Å². The number of hydrogen-bond donors (Lipinski definition) is 1. The second-order valence-corrected chi connectivity index (χ2v) is 4.68. The second kappa shape index (κ2) is 2.46. The minimum absolute atomic E-state index is 0.0324. The summed E-state index contributed by atoms with van der Waals surface area (Å²) in [6.45, 7) is 4.22. The summed E-state index contributed by atoms with van der Waals surface area (Å²) in [6.07, 6.45) is 5.55. The Balaban J connectivity index is 2.24. The van der Waals surface area contributed by atoms with Crippen molar-refractivity contribution in [2.45, 2.75) is 57.8 Å². The van der Waals surface area contributed by atoms with Crippen LogP contribution in [-0.4, -0.2) is 17.0 Å². The molecule has 1 saturated heterocycles. The lowest BCUT2D eigenvalue weighted by Gasteiger charge is -2.41. The van der Waals surface area contributed by atoms with Crippen LogP contribution < -0.4 is 0 Å². The van der Waals surface area contributed by atoms with Gasteiger partial charge < -0.3 is 9.84 Å². The Hall–Kier alpha value is -0.0800. The van der Waals surface area contributed by atoms with Crippen molar-refractivity contribution in [3.8, 4) is 0 Å². The standard InChI is InChI=1S/C10H18O2/c1-8-7-9(2)5-3-4-6-10(9,11)12-8/h8,11H,3-7H2,1-2H3. The van der Waals surface area contributed by atoms with E-state index in [1.165, 1.54) is 6.42 Å². The first-order valence-electron chi connectivity index (χ1n) is 4.96. The predicted octanol–water partition coefficient (Wildman–Crippen LogP) is 2.06. The van der Waals surface area contributed by atoms with E-state index in [2.05, 4.69) is 13.8 Å². The molecule has 1 aliphatic heterocycles. The van der Waals surface area contributed by atoms with Crippen LogP contribution in [-0.2, 0) is 4.74 Å². The van der Waals surface area contributed by atoms with Crippen LogP contribution in [0.15, 0.2) is 0 Å². The van der Waals surface area contributed by atoms with Gasteiger partial charge in [-0.15, -0.1) is 0 Å². The largest absolute Gasteiger partial charge is 0.365 e. The van der Waals surface area contributed by atoms with E-state index >= 15 is 0 Å². The summed E-state index contributed by atoms with van der Waals surface area (Å²) in [5.74, 6) is -0.801. The average Bonchev–Trinajstić information content (AvgIpc) is 2.18. The molecule has 0 aromatic rings. The van der Waals surface area contributed by atoms with Crippen molar-refractivity contribution in [2.75, 3.05) is 0 Å². The number of hydrogen-bond acceptors (Lipinski definition) is 2. The molecule has 0 aromatic heterocycles. The van der Waals surface area contributed by atoms with Crippen LogP contribution in [0.2, 0.25) is 0 Å². The molecule has 2 rings (SSSR count). The monoisotopic (exact) mass is 170 g/mol. The highest BCUT2D eigenvalue weighted by molar-refractivity contribution is 4.98. The van der Waals surface area contributed by atoms with Crippen molar-refractivity contribution in [3.05, 3.63) is 0 Å². The van der Waals surface area contributed by atoms with Gasteiger partial charge in [0.2, 0.25) is 0 Å². The Morgan fingerprint density at radius 3 is 2.67 bits per heavy atom. The first-order valence-corrected chi connectivity index (χ1v) is 4.96. The molecule has 1 heterocycles. The van der Waals surface area contributed by atoms with Gasteiger partial charge in [-0.25, -0.2) is 0 Å². The lowest BCUT2D eigenvalue weighted by molar-refractivity contribution is -0.249. The van der Waals surface area contributed by atoms with E-state index in [9.17, 15) is 5.11 Å². The van der Waals surface area contributed by atoms with Crippen LogP contribution in [0.4, 0.5) is 0 Å². The van der Waals surface area contributed by atoms with E-state index in [0.29, 0.717) is 0 Å². The van der Waals surface area contributed by atoms with E-state index in [1.807, 2.05) is 0 Å². The smallest absolute Gasteiger partial charge is 0.171 e. The molecule has 2 aliphatic rings. The Morgan fingerprint density at radius 2 is 2.00 bits per heavy atom. The van der Waals surface area contributed by atoms with Gasteiger partial charge in [0.25, 0.3) is 0 Å². The molecule has 1 saturated carbocycles. The van der Waals surface area contributed by atoms with E-state index in [0.717, 1.165) is 25.7 Å². The fourth-order valence-corrected chi connectivity index (χ4v) is 2.85. The first-order chi connectivity index (χ1) is 5.56. The van der Waals surface area contributed by atoms with Crippen LogP contribution in [0.3, 0.4) is 0 Å². The zero-order valence-corrected chi connectivity index (χ0v) is 7.97. The van der Waals surface area contributed by atoms with Gasteiger partial charge in [0.1, 0.15) is 0 Å². The summed E-state index contributed by atoms with van der Waals surface area (Å²) in [6, 6.07) is 0. The molecule has 12 heavy (non-hydrogen) atoms. The topological polar surface area (TPSA) is 29.5 Å². The maximum atomic E-state index is 10.2. The lowest BCUT2D eigenvalue weighted by atomic mass is 9.70. The third kappa shape index (κ3) is 1.01. The molecule has 0 radical (unpaired) electrons. The maximum absolute atomic E-state index is 10.2. The van der Waals surface area contributed by atoms with Crippen LogP contribution in [0.25, 0.3) is 0 Å². The quantitative estimate of drug-likeness (QED) is 0.603. The molecule has 0 amide bonds. The zero-order chi connectivity index (χ0) is 8.82. The summed E-state index contributed by atoms with van der Waals surface area (Å²) in [7, 11) is 0. The average molecular weight is 170 g/mol. The van der Waals surface area contributed by atoms with Gasteiger partial charge >= 0.3 is 0 Å². The van der Waals surface area contributed by atoms with E-state index in [1.54, 1.807) is 0 Å². The van der Waals surface area contributed by atoms with Crippen LogP contribution >= 0.6 is 0 Å². The van der Waals surface area contributed by atoms with Crippen molar-refractivity contribution in [1.29, 1.82) is 0 Å². The molecule has 3 atom stereocenters. The van der Waals surface area contributed by atoms with Crippen molar-refractivity contribution in [3.63, 3.8) is 0 Å². The molecule has 0 spiro atoms. The maximum Gasteiger partial charge on any atom is 0.171 e. The molecule has 0 aromatic carbocycles. The molecule has 1 N–H and O–H groups in total. The van der Waals surface area contributed by atoms with Crippen molar-refractivity contribution in [1.82, 2.24) is 0 Å². The first kappa shape index (κ1) is 8.52. The predicted molar refractivity (Wildman–Crippen MR) is 46.7 cm³/mol. The second-order valence-electron chi connectivity index (χ2n) is 4.68. The van der Waals surface area contributed by atoms with Crippen LogP contribution in [0.5, 0.6) is 0 Å². The molecule has 0 bridgehead atoms. The Labute approximate surface area is 73.9 Å². The SMILES string of the molecule is CC1CC2(C)CCCCC2(O)O1. The van der Waals surface area contributed by atoms with Gasteiger partial charge in [0.15, 0.2) is 5.79 Å². The fraction of sp³-hybridized carbons (Fsp3) is 1.00. The Bertz CT molecular complexity index is 172. The lowest BCUT2D eigenvalue weighted by Crippen LogP contribution is -2.45. The summed E-state index contributed by atoms with van der Waals surface area (Å²) in [4.78, 5) is 0. The summed E-state index contributed by atoms with van der Waals surface area (Å²) in [5.41, 5.74) is 0.0324. The molecule has 1 aliphatic carbocycles. The van der Waals surface area contributed by atoms with E-state index in [-0.39, 0.29) is 11.5 Å². The Kier molecular flexibility index (Phi) is 1.74. The fourth-order valence-electron chi connectivity index (χ4n) is 2.85. The van der Waals surface area contributed by atoms with Gasteiger partial charge in [0, 0.05) is 11.8 Å². The third-order valence-corrected chi connectivity index (χ3v) is 3.57. The molecule has 2 heteroatoms. The Morgan fingerprint density at radius 1 is 1.33 bits per heavy atom. The minimum atomic E-state index is -0.801.